The molecular weight excluding hydrogens is 493 g/mol. The van der Waals surface area contributed by atoms with E-state index < -0.39 is 15.7 Å². The minimum Gasteiger partial charge on any atom is -0.376 e. The molecule has 1 amide bonds. The number of imidazole rings is 1. The van der Waals surface area contributed by atoms with E-state index in [-0.39, 0.29) is 35.4 Å². The minimum atomic E-state index is -3.85. The van der Waals surface area contributed by atoms with Gasteiger partial charge < -0.3 is 14.2 Å². The van der Waals surface area contributed by atoms with Gasteiger partial charge in [-0.1, -0.05) is 56.3 Å². The molecule has 37 heavy (non-hydrogen) atoms. The topological polar surface area (TPSA) is 81.5 Å². The van der Waals surface area contributed by atoms with Crippen molar-refractivity contribution in [2.75, 3.05) is 13.2 Å². The van der Waals surface area contributed by atoms with Gasteiger partial charge in [-0.15, -0.1) is 0 Å². The van der Waals surface area contributed by atoms with Gasteiger partial charge >= 0.3 is 0 Å². The lowest BCUT2D eigenvalue weighted by Gasteiger charge is -2.27. The van der Waals surface area contributed by atoms with Crippen molar-refractivity contribution in [2.45, 2.75) is 63.2 Å². The Kier molecular flexibility index (Phi) is 8.76. The second-order valence-corrected chi connectivity index (χ2v) is 11.9. The van der Waals surface area contributed by atoms with E-state index in [1.54, 1.807) is 15.7 Å². The molecule has 1 fully saturated rings. The van der Waals surface area contributed by atoms with E-state index in [1.807, 2.05) is 44.2 Å². The number of carbonyl (C=O) groups is 1. The van der Waals surface area contributed by atoms with E-state index in [9.17, 15) is 17.6 Å². The number of hydrogen-bond donors (Lipinski definition) is 0. The lowest BCUT2D eigenvalue weighted by Crippen LogP contribution is -2.38. The van der Waals surface area contributed by atoms with Crippen LogP contribution in [-0.4, -0.2) is 48.0 Å². The van der Waals surface area contributed by atoms with Crippen LogP contribution in [0.5, 0.6) is 0 Å². The van der Waals surface area contributed by atoms with Gasteiger partial charge in [0.2, 0.25) is 20.9 Å². The molecule has 0 bridgehead atoms. The van der Waals surface area contributed by atoms with Gasteiger partial charge in [0.1, 0.15) is 5.82 Å². The van der Waals surface area contributed by atoms with E-state index in [0.717, 1.165) is 18.4 Å². The van der Waals surface area contributed by atoms with Crippen molar-refractivity contribution in [3.05, 3.63) is 83.4 Å². The summed E-state index contributed by atoms with van der Waals surface area (Å²) < 4.78 is 47.8. The van der Waals surface area contributed by atoms with Crippen LogP contribution in [0.2, 0.25) is 0 Å². The Morgan fingerprint density at radius 1 is 1.14 bits per heavy atom. The first-order chi connectivity index (χ1) is 17.7. The fourth-order valence-corrected chi connectivity index (χ4v) is 6.02. The largest absolute Gasteiger partial charge is 0.376 e. The third kappa shape index (κ3) is 7.26. The first kappa shape index (κ1) is 27.0. The number of aromatic nitrogens is 2. The van der Waals surface area contributed by atoms with E-state index in [1.165, 1.54) is 24.3 Å². The zero-order chi connectivity index (χ0) is 26.4. The Balaban J connectivity index is 1.67. The maximum Gasteiger partial charge on any atom is 0.228 e. The zero-order valence-corrected chi connectivity index (χ0v) is 22.2. The van der Waals surface area contributed by atoms with Crippen LogP contribution in [0.3, 0.4) is 0 Å². The predicted octanol–water partition coefficient (Wildman–Crippen LogP) is 4.60. The quantitative estimate of drug-likeness (QED) is 0.364. The summed E-state index contributed by atoms with van der Waals surface area (Å²) in [5, 5.41) is -0.0657. The SMILES string of the molecule is CC(C)CC(=O)N(Cc1cnc(S(=O)(=O)Cc2ccc(F)cc2)n1Cc1ccccc1)C[C@H]1CCCO1. The Morgan fingerprint density at radius 2 is 1.86 bits per heavy atom. The lowest BCUT2D eigenvalue weighted by molar-refractivity contribution is -0.134. The fourth-order valence-electron chi connectivity index (χ4n) is 4.53. The molecule has 0 saturated carbocycles. The molecule has 0 N–H and O–H groups in total. The van der Waals surface area contributed by atoms with Gasteiger partial charge in [0.15, 0.2) is 0 Å². The van der Waals surface area contributed by atoms with Crippen molar-refractivity contribution in [1.29, 1.82) is 0 Å². The molecule has 7 nitrogen and oxygen atoms in total. The normalized spacial score (nSPS) is 15.8. The summed E-state index contributed by atoms with van der Waals surface area (Å²) in [5.74, 6) is -0.523. The number of benzene rings is 2. The van der Waals surface area contributed by atoms with Gasteiger partial charge in [-0.3, -0.25) is 4.79 Å². The second kappa shape index (κ2) is 12.0. The summed E-state index contributed by atoms with van der Waals surface area (Å²) in [6.07, 6.45) is 3.78. The number of nitrogens with zero attached hydrogens (tertiary/aromatic N) is 3. The van der Waals surface area contributed by atoms with Crippen molar-refractivity contribution in [3.63, 3.8) is 0 Å². The number of hydrogen-bond acceptors (Lipinski definition) is 5. The molecule has 1 atom stereocenters. The summed E-state index contributed by atoms with van der Waals surface area (Å²) in [6, 6.07) is 15.0. The van der Waals surface area contributed by atoms with Crippen LogP contribution >= 0.6 is 0 Å². The monoisotopic (exact) mass is 527 g/mol. The van der Waals surface area contributed by atoms with E-state index in [4.69, 9.17) is 4.74 Å². The summed E-state index contributed by atoms with van der Waals surface area (Å²) in [5.41, 5.74) is 2.03. The predicted molar refractivity (Wildman–Crippen MR) is 139 cm³/mol. The van der Waals surface area contributed by atoms with Crippen molar-refractivity contribution >= 4 is 15.7 Å². The lowest BCUT2D eigenvalue weighted by atomic mass is 10.1. The number of amides is 1. The Morgan fingerprint density at radius 3 is 2.51 bits per heavy atom. The van der Waals surface area contributed by atoms with Crippen LogP contribution in [0.1, 0.15) is 49.9 Å². The molecule has 0 aliphatic carbocycles. The number of carbonyl (C=O) groups excluding carboxylic acids is 1. The molecule has 1 aliphatic rings. The number of rotatable bonds is 11. The van der Waals surface area contributed by atoms with Crippen LogP contribution < -0.4 is 0 Å². The van der Waals surface area contributed by atoms with Crippen molar-refractivity contribution in [3.8, 4) is 0 Å². The van der Waals surface area contributed by atoms with Gasteiger partial charge in [0.25, 0.3) is 0 Å². The molecule has 0 spiro atoms. The van der Waals surface area contributed by atoms with E-state index in [0.29, 0.717) is 37.4 Å². The molecule has 0 radical (unpaired) electrons. The number of sulfone groups is 1. The Labute approximate surface area is 218 Å². The highest BCUT2D eigenvalue weighted by Gasteiger charge is 2.28. The van der Waals surface area contributed by atoms with Crippen LogP contribution in [0.25, 0.3) is 0 Å². The Bertz CT molecular complexity index is 1280. The van der Waals surface area contributed by atoms with Crippen molar-refractivity contribution in [1.82, 2.24) is 14.5 Å². The van der Waals surface area contributed by atoms with E-state index in [2.05, 4.69) is 4.98 Å². The maximum atomic E-state index is 13.5. The molecular formula is C28H34FN3O4S. The van der Waals surface area contributed by atoms with Crippen LogP contribution in [0.4, 0.5) is 4.39 Å². The highest BCUT2D eigenvalue weighted by molar-refractivity contribution is 7.90. The number of halogens is 1. The highest BCUT2D eigenvalue weighted by Crippen LogP contribution is 2.22. The Hall–Kier alpha value is -3.04. The molecule has 0 unspecified atom stereocenters. The summed E-state index contributed by atoms with van der Waals surface area (Å²) >= 11 is 0. The molecule has 3 aromatic rings. The summed E-state index contributed by atoms with van der Waals surface area (Å²) in [6.45, 7) is 5.68. The molecule has 198 valence electrons. The van der Waals surface area contributed by atoms with Crippen LogP contribution in [-0.2, 0) is 38.2 Å². The van der Waals surface area contributed by atoms with Crippen LogP contribution in [0, 0.1) is 11.7 Å². The molecule has 4 rings (SSSR count). The van der Waals surface area contributed by atoms with Crippen LogP contribution in [0.15, 0.2) is 66.0 Å². The first-order valence-corrected chi connectivity index (χ1v) is 14.3. The maximum absolute atomic E-state index is 13.5. The number of ether oxygens (including phenoxy) is 1. The zero-order valence-electron chi connectivity index (χ0n) is 21.3. The molecule has 2 heterocycles. The van der Waals surface area contributed by atoms with Crippen molar-refractivity contribution in [2.24, 2.45) is 5.92 Å². The standard InChI is InChI=1S/C28H34FN3O4S/c1-21(2)15-27(33)31(19-26-9-6-14-36-26)18-25-16-30-28(32(25)17-22-7-4-3-5-8-22)37(34,35)20-23-10-12-24(29)13-11-23/h3-5,7-8,10-13,16,21,26H,6,9,14-15,17-20H2,1-2H3/t26-/m1/s1. The first-order valence-electron chi connectivity index (χ1n) is 12.7. The van der Waals surface area contributed by atoms with Crippen molar-refractivity contribution < 1.29 is 22.3 Å². The van der Waals surface area contributed by atoms with Gasteiger partial charge in [0.05, 0.1) is 36.8 Å². The highest BCUT2D eigenvalue weighted by atomic mass is 32.2. The molecule has 2 aromatic carbocycles. The second-order valence-electron chi connectivity index (χ2n) is 10.00. The molecule has 1 aliphatic heterocycles. The fraction of sp³-hybridized carbons (Fsp3) is 0.429. The minimum absolute atomic E-state index is 0.00804. The average Bonchev–Trinajstić information content (AvgIpc) is 3.51. The van der Waals surface area contributed by atoms with E-state index >= 15 is 0 Å². The molecule has 9 heteroatoms. The molecule has 1 saturated heterocycles. The summed E-state index contributed by atoms with van der Waals surface area (Å²) in [7, 11) is -3.85. The average molecular weight is 528 g/mol. The third-order valence-electron chi connectivity index (χ3n) is 6.37. The van der Waals surface area contributed by atoms with Gasteiger partial charge in [-0.2, -0.15) is 0 Å². The summed E-state index contributed by atoms with van der Waals surface area (Å²) in [4.78, 5) is 19.3. The third-order valence-corrected chi connectivity index (χ3v) is 7.97. The molecule has 1 aromatic heterocycles. The van der Waals surface area contributed by atoms with Gasteiger partial charge in [0, 0.05) is 19.6 Å². The van der Waals surface area contributed by atoms with Gasteiger partial charge in [-0.25, -0.2) is 17.8 Å². The van der Waals surface area contributed by atoms with Gasteiger partial charge in [-0.05, 0) is 42.0 Å². The smallest absolute Gasteiger partial charge is 0.228 e.